The first-order chi connectivity index (χ1) is 7.99. The van der Waals surface area contributed by atoms with Gasteiger partial charge in [0, 0.05) is 11.1 Å². The molecule has 1 aromatic carbocycles. The molecule has 0 aromatic heterocycles. The maximum atomic E-state index is 11.4. The van der Waals surface area contributed by atoms with E-state index in [2.05, 4.69) is 5.32 Å². The molecule has 17 heavy (non-hydrogen) atoms. The molecule has 0 saturated heterocycles. The third kappa shape index (κ3) is 5.09. The van der Waals surface area contributed by atoms with Gasteiger partial charge in [0.25, 0.3) is 0 Å². The zero-order valence-electron chi connectivity index (χ0n) is 10.4. The lowest BCUT2D eigenvalue weighted by molar-refractivity contribution is -0.122. The first-order valence-corrected chi connectivity index (χ1v) is 6.05. The number of benzene rings is 1. The molecule has 4 heteroatoms. The molecule has 1 aromatic rings. The molecule has 3 nitrogen and oxygen atoms in total. The largest absolute Gasteiger partial charge is 0.493 e. The lowest BCUT2D eigenvalue weighted by Gasteiger charge is -2.11. The van der Waals surface area contributed by atoms with E-state index in [1.54, 1.807) is 6.07 Å². The number of carbonyl (C=O) groups excluding carboxylic acids is 1. The Morgan fingerprint density at radius 2 is 2.18 bits per heavy atom. The third-order valence-electron chi connectivity index (χ3n) is 2.19. The Bertz CT molecular complexity index is 391. The molecule has 0 aliphatic carbocycles. The number of aryl methyl sites for hydroxylation is 1. The van der Waals surface area contributed by atoms with Gasteiger partial charge in [0.05, 0.1) is 13.0 Å². The van der Waals surface area contributed by atoms with Crippen molar-refractivity contribution in [2.45, 2.75) is 33.2 Å². The molecule has 1 N–H and O–H groups in total. The van der Waals surface area contributed by atoms with E-state index in [0.717, 1.165) is 11.3 Å². The van der Waals surface area contributed by atoms with Gasteiger partial charge in [-0.15, -0.1) is 0 Å². The molecule has 0 spiro atoms. The highest BCUT2D eigenvalue weighted by Crippen LogP contribution is 2.22. The topological polar surface area (TPSA) is 38.3 Å². The molecule has 1 amide bonds. The Balaban J connectivity index is 2.40. The predicted octanol–water partition coefficient (Wildman–Crippen LogP) is 2.94. The minimum Gasteiger partial charge on any atom is -0.493 e. The fourth-order valence-electron chi connectivity index (χ4n) is 1.38. The van der Waals surface area contributed by atoms with Gasteiger partial charge in [-0.05, 0) is 38.5 Å². The van der Waals surface area contributed by atoms with Crippen molar-refractivity contribution < 1.29 is 9.53 Å². The van der Waals surface area contributed by atoms with Crippen molar-refractivity contribution in [1.29, 1.82) is 0 Å². The van der Waals surface area contributed by atoms with E-state index in [0.29, 0.717) is 18.1 Å². The van der Waals surface area contributed by atoms with Gasteiger partial charge in [-0.25, -0.2) is 0 Å². The minimum absolute atomic E-state index is 0.000295. The minimum atomic E-state index is -0.000295. The highest BCUT2D eigenvalue weighted by Gasteiger charge is 2.05. The molecule has 0 unspecified atom stereocenters. The van der Waals surface area contributed by atoms with Crippen LogP contribution in [-0.2, 0) is 4.79 Å². The van der Waals surface area contributed by atoms with Crippen molar-refractivity contribution in [3.63, 3.8) is 0 Å². The smallest absolute Gasteiger partial charge is 0.223 e. The number of hydrogen-bond acceptors (Lipinski definition) is 2. The molecule has 1 rings (SSSR count). The Morgan fingerprint density at radius 3 is 2.82 bits per heavy atom. The zero-order valence-corrected chi connectivity index (χ0v) is 11.2. The van der Waals surface area contributed by atoms with Gasteiger partial charge in [0.1, 0.15) is 5.75 Å². The van der Waals surface area contributed by atoms with Crippen molar-refractivity contribution in [2.24, 2.45) is 0 Å². The monoisotopic (exact) mass is 255 g/mol. The van der Waals surface area contributed by atoms with Crippen LogP contribution in [0.25, 0.3) is 0 Å². The van der Waals surface area contributed by atoms with E-state index in [9.17, 15) is 4.79 Å². The van der Waals surface area contributed by atoms with Gasteiger partial charge >= 0.3 is 0 Å². The van der Waals surface area contributed by atoms with Crippen LogP contribution in [0, 0.1) is 6.92 Å². The SMILES string of the molecule is Cc1ccc(Cl)cc1OCCC(=O)NC(C)C. The summed E-state index contributed by atoms with van der Waals surface area (Å²) in [6.45, 7) is 6.17. The summed E-state index contributed by atoms with van der Waals surface area (Å²) in [6, 6.07) is 5.63. The van der Waals surface area contributed by atoms with Crippen LogP contribution in [0.3, 0.4) is 0 Å². The summed E-state index contributed by atoms with van der Waals surface area (Å²) in [5.41, 5.74) is 1.01. The van der Waals surface area contributed by atoms with Crippen molar-refractivity contribution in [3.05, 3.63) is 28.8 Å². The second-order valence-electron chi connectivity index (χ2n) is 4.23. The summed E-state index contributed by atoms with van der Waals surface area (Å²) < 4.78 is 5.52. The van der Waals surface area contributed by atoms with E-state index in [1.807, 2.05) is 32.9 Å². The molecule has 0 bridgehead atoms. The number of ether oxygens (including phenoxy) is 1. The number of nitrogens with one attached hydrogen (secondary N) is 1. The molecule has 0 saturated carbocycles. The van der Waals surface area contributed by atoms with Crippen molar-refractivity contribution >= 4 is 17.5 Å². The summed E-state index contributed by atoms with van der Waals surface area (Å²) in [7, 11) is 0. The van der Waals surface area contributed by atoms with Crippen LogP contribution in [0.1, 0.15) is 25.8 Å². The second-order valence-corrected chi connectivity index (χ2v) is 4.67. The van der Waals surface area contributed by atoms with E-state index in [4.69, 9.17) is 16.3 Å². The maximum Gasteiger partial charge on any atom is 0.223 e. The van der Waals surface area contributed by atoms with Crippen LogP contribution in [-0.4, -0.2) is 18.6 Å². The molecule has 0 atom stereocenters. The lowest BCUT2D eigenvalue weighted by Crippen LogP contribution is -2.31. The molecular weight excluding hydrogens is 238 g/mol. The summed E-state index contributed by atoms with van der Waals surface area (Å²) in [5.74, 6) is 0.731. The van der Waals surface area contributed by atoms with E-state index in [1.165, 1.54) is 0 Å². The molecule has 0 aliphatic rings. The normalized spacial score (nSPS) is 10.4. The summed E-state index contributed by atoms with van der Waals surface area (Å²) in [5, 5.41) is 3.45. The van der Waals surface area contributed by atoms with Crippen LogP contribution in [0.2, 0.25) is 5.02 Å². The highest BCUT2D eigenvalue weighted by atomic mass is 35.5. The highest BCUT2D eigenvalue weighted by molar-refractivity contribution is 6.30. The van der Waals surface area contributed by atoms with Gasteiger partial charge in [0.2, 0.25) is 5.91 Å². The van der Waals surface area contributed by atoms with Gasteiger partial charge in [-0.1, -0.05) is 17.7 Å². The molecule has 0 radical (unpaired) electrons. The van der Waals surface area contributed by atoms with Crippen molar-refractivity contribution in [2.75, 3.05) is 6.61 Å². The summed E-state index contributed by atoms with van der Waals surface area (Å²) >= 11 is 5.87. The Hall–Kier alpha value is -1.22. The molecule has 0 heterocycles. The first kappa shape index (κ1) is 13.8. The number of hydrogen-bond donors (Lipinski definition) is 1. The Kier molecular flexibility index (Phi) is 5.29. The fourth-order valence-corrected chi connectivity index (χ4v) is 1.54. The molecule has 94 valence electrons. The van der Waals surface area contributed by atoms with Crippen molar-refractivity contribution in [1.82, 2.24) is 5.32 Å². The predicted molar refractivity (Wildman–Crippen MR) is 69.6 cm³/mol. The van der Waals surface area contributed by atoms with Gasteiger partial charge in [0.15, 0.2) is 0 Å². The number of amides is 1. The number of rotatable bonds is 5. The van der Waals surface area contributed by atoms with Crippen LogP contribution in [0.15, 0.2) is 18.2 Å². The zero-order chi connectivity index (χ0) is 12.8. The molecule has 0 fully saturated rings. The van der Waals surface area contributed by atoms with Gasteiger partial charge in [-0.2, -0.15) is 0 Å². The quantitative estimate of drug-likeness (QED) is 0.879. The van der Waals surface area contributed by atoms with E-state index < -0.39 is 0 Å². The van der Waals surface area contributed by atoms with Gasteiger partial charge < -0.3 is 10.1 Å². The van der Waals surface area contributed by atoms with E-state index >= 15 is 0 Å². The number of halogens is 1. The van der Waals surface area contributed by atoms with Crippen LogP contribution in [0.4, 0.5) is 0 Å². The van der Waals surface area contributed by atoms with Crippen LogP contribution >= 0.6 is 11.6 Å². The first-order valence-electron chi connectivity index (χ1n) is 5.67. The van der Waals surface area contributed by atoms with Crippen molar-refractivity contribution in [3.8, 4) is 5.75 Å². The maximum absolute atomic E-state index is 11.4. The average molecular weight is 256 g/mol. The summed E-state index contributed by atoms with van der Waals surface area (Å²) in [6.07, 6.45) is 0.351. The number of carbonyl (C=O) groups is 1. The second kappa shape index (κ2) is 6.50. The molecular formula is C13H18ClNO2. The van der Waals surface area contributed by atoms with Crippen LogP contribution in [0.5, 0.6) is 5.75 Å². The fraction of sp³-hybridized carbons (Fsp3) is 0.462. The Morgan fingerprint density at radius 1 is 1.47 bits per heavy atom. The average Bonchev–Trinajstić information content (AvgIpc) is 2.22. The third-order valence-corrected chi connectivity index (χ3v) is 2.42. The van der Waals surface area contributed by atoms with Crippen LogP contribution < -0.4 is 10.1 Å². The summed E-state index contributed by atoms with van der Waals surface area (Å²) in [4.78, 5) is 11.4. The Labute approximate surface area is 107 Å². The van der Waals surface area contributed by atoms with Gasteiger partial charge in [-0.3, -0.25) is 4.79 Å². The standard InChI is InChI=1S/C13H18ClNO2/c1-9(2)15-13(16)6-7-17-12-8-11(14)5-4-10(12)3/h4-5,8-9H,6-7H2,1-3H3,(H,15,16). The van der Waals surface area contributed by atoms with E-state index in [-0.39, 0.29) is 11.9 Å². The molecule has 0 aliphatic heterocycles. The lowest BCUT2D eigenvalue weighted by atomic mass is 10.2.